The second kappa shape index (κ2) is 15.9. The second-order valence-corrected chi connectivity index (χ2v) is 10.1. The van der Waals surface area contributed by atoms with E-state index in [1.807, 2.05) is 14.1 Å². The van der Waals surface area contributed by atoms with E-state index in [0.29, 0.717) is 48.2 Å². The molecule has 0 radical (unpaired) electrons. The van der Waals surface area contributed by atoms with Crippen LogP contribution >= 0.6 is 24.4 Å². The Labute approximate surface area is 183 Å². The van der Waals surface area contributed by atoms with Gasteiger partial charge < -0.3 is 78.4 Å². The average Bonchev–Trinajstić information content (AvgIpc) is 3.22. The van der Waals surface area contributed by atoms with Gasteiger partial charge in [0.1, 0.15) is 0 Å². The van der Waals surface area contributed by atoms with Gasteiger partial charge in [-0.15, -0.1) is 0 Å². The van der Waals surface area contributed by atoms with E-state index >= 15 is 0 Å². The molecule has 0 amide bonds. The van der Waals surface area contributed by atoms with Gasteiger partial charge in [-0.3, -0.25) is 0 Å². The van der Waals surface area contributed by atoms with Crippen molar-refractivity contribution < 1.29 is 18.9 Å². The molecule has 144 valence electrons. The van der Waals surface area contributed by atoms with E-state index in [0.717, 1.165) is 0 Å². The molecule has 2 rings (SSSR count). The van der Waals surface area contributed by atoms with Gasteiger partial charge in [-0.25, -0.2) is 0 Å². The number of rotatable bonds is 4. The van der Waals surface area contributed by atoms with Gasteiger partial charge in [0.15, 0.2) is 12.6 Å². The summed E-state index contributed by atoms with van der Waals surface area (Å²) in [5.74, 6) is 0. The molecule has 0 saturated carbocycles. The van der Waals surface area contributed by atoms with E-state index < -0.39 is 0 Å². The fourth-order valence-electron chi connectivity index (χ4n) is 1.62. The molecule has 0 aromatic heterocycles. The standard InChI is InChI=1S/2C6H11NO2S2.2CH3.Sn/c2*1-7(6(10)11)4-5-8-2-3-9-5;;;/h2*5H,2-4H2,1H3,(H,10,11);2*1H3;/q;;;;+2/p-2. The Kier molecular flexibility index (Phi) is 16.4. The van der Waals surface area contributed by atoms with Gasteiger partial charge in [0.2, 0.25) is 0 Å². The molecule has 6 nitrogen and oxygen atoms in total. The maximum atomic E-state index is 5.20. The molecule has 2 aliphatic rings. The van der Waals surface area contributed by atoms with Gasteiger partial charge in [-0.1, -0.05) is 8.64 Å². The summed E-state index contributed by atoms with van der Waals surface area (Å²) >= 11 is 19.4. The van der Waals surface area contributed by atoms with Gasteiger partial charge in [-0.2, -0.15) is 0 Å². The molecule has 25 heavy (non-hydrogen) atoms. The van der Waals surface area contributed by atoms with Crippen molar-refractivity contribution in [2.75, 3.05) is 53.6 Å². The van der Waals surface area contributed by atoms with Crippen LogP contribution in [-0.4, -0.2) is 106 Å². The normalized spacial score (nSPS) is 16.8. The Bertz CT molecular complexity index is 350. The molecule has 2 saturated heterocycles. The van der Waals surface area contributed by atoms with Crippen molar-refractivity contribution in [3.05, 3.63) is 0 Å². The molecule has 0 unspecified atom stereocenters. The van der Waals surface area contributed by atoms with Gasteiger partial charge in [0.05, 0.1) is 39.5 Å². The number of nitrogens with zero attached hydrogens (tertiary/aromatic N) is 2. The monoisotopic (exact) mass is 534 g/mol. The minimum absolute atomic E-state index is 0.152. The van der Waals surface area contributed by atoms with Crippen LogP contribution in [0.25, 0.3) is 0 Å². The fraction of sp³-hybridized carbons (Fsp3) is 0.857. The molecule has 2 aliphatic heterocycles. The Morgan fingerprint density at radius 2 is 1.08 bits per heavy atom. The van der Waals surface area contributed by atoms with Crippen molar-refractivity contribution in [3.8, 4) is 0 Å². The molecule has 0 N–H and O–H groups in total. The predicted octanol–water partition coefficient (Wildman–Crippen LogP) is 1.03. The van der Waals surface area contributed by atoms with Crippen molar-refractivity contribution in [2.24, 2.45) is 0 Å². The first-order valence-electron chi connectivity index (χ1n) is 7.70. The molecule has 0 spiro atoms. The van der Waals surface area contributed by atoms with Crippen LogP contribution in [0.3, 0.4) is 0 Å². The second-order valence-electron chi connectivity index (χ2n) is 5.14. The number of thiocarbonyl (C=S) groups is 2. The summed E-state index contributed by atoms with van der Waals surface area (Å²) in [4.78, 5) is 8.12. The average molecular weight is 533 g/mol. The minimum atomic E-state index is -0.152. The number of hydrogen-bond donors (Lipinski definition) is 0. The van der Waals surface area contributed by atoms with E-state index in [1.54, 1.807) is 9.80 Å². The van der Waals surface area contributed by atoms with E-state index in [4.69, 9.17) is 68.6 Å². The molecular formula is C14H26N2O4S4Sn. The van der Waals surface area contributed by atoms with Gasteiger partial charge >= 0.3 is 31.0 Å². The Balaban J connectivity index is 0.000000399. The molecule has 11 heteroatoms. The zero-order valence-corrected chi connectivity index (χ0v) is 21.2. The van der Waals surface area contributed by atoms with Crippen molar-refractivity contribution in [1.82, 2.24) is 9.80 Å². The summed E-state index contributed by atoms with van der Waals surface area (Å²) in [6.45, 7) is 3.93. The van der Waals surface area contributed by atoms with Gasteiger partial charge in [-0.05, 0) is 0 Å². The Hall–Kier alpha value is 0.859. The number of likely N-dealkylation sites (N-methyl/N-ethyl adjacent to an activating group) is 2. The quantitative estimate of drug-likeness (QED) is 0.298. The van der Waals surface area contributed by atoms with Crippen LogP contribution in [0.5, 0.6) is 0 Å². The molecule has 0 atom stereocenters. The van der Waals surface area contributed by atoms with Crippen LogP contribution in [0.2, 0.25) is 9.88 Å². The van der Waals surface area contributed by atoms with Crippen molar-refractivity contribution >= 4 is 79.5 Å². The molecule has 0 bridgehead atoms. The topological polar surface area (TPSA) is 43.4 Å². The Morgan fingerprint density at radius 1 is 0.840 bits per heavy atom. The van der Waals surface area contributed by atoms with Crippen LogP contribution < -0.4 is 0 Å². The zero-order valence-electron chi connectivity index (χ0n) is 15.1. The first-order chi connectivity index (χ1) is 11.8. The summed E-state index contributed by atoms with van der Waals surface area (Å²) < 4.78 is 21.7. The first kappa shape index (κ1) is 25.9. The van der Waals surface area contributed by atoms with Crippen LogP contribution in [-0.2, 0) is 44.2 Å². The van der Waals surface area contributed by atoms with Crippen LogP contribution in [0, 0.1) is 0 Å². The SMILES string of the molecule is CN(CC1OCCO1)C(=S)[S-].CN(CC1OCCO1)C(=S)[S-].[CH3][Sn+2][CH3]. The van der Waals surface area contributed by atoms with Gasteiger partial charge in [0.25, 0.3) is 0 Å². The third-order valence-corrected chi connectivity index (χ3v) is 4.10. The maximum absolute atomic E-state index is 5.20. The van der Waals surface area contributed by atoms with Crippen LogP contribution in [0.1, 0.15) is 0 Å². The number of ether oxygens (including phenoxy) is 4. The Morgan fingerprint density at radius 3 is 1.28 bits per heavy atom. The molecule has 2 heterocycles. The molecular weight excluding hydrogens is 507 g/mol. The zero-order chi connectivity index (χ0) is 19.2. The molecule has 0 aliphatic carbocycles. The third-order valence-electron chi connectivity index (χ3n) is 2.85. The predicted molar refractivity (Wildman–Crippen MR) is 114 cm³/mol. The summed E-state index contributed by atoms with van der Waals surface area (Å²) in [6.07, 6.45) is -0.304. The number of hydrogen-bond acceptors (Lipinski definition) is 8. The van der Waals surface area contributed by atoms with Crippen LogP contribution in [0.15, 0.2) is 0 Å². The summed E-state index contributed by atoms with van der Waals surface area (Å²) in [5.41, 5.74) is 0. The van der Waals surface area contributed by atoms with E-state index in [1.165, 1.54) is 0 Å². The molecule has 0 aromatic carbocycles. The summed E-state index contributed by atoms with van der Waals surface area (Å²) in [7, 11) is 3.67. The summed E-state index contributed by atoms with van der Waals surface area (Å²) in [5, 5.41) is 0. The van der Waals surface area contributed by atoms with E-state index in [-0.39, 0.29) is 33.7 Å². The molecule has 2 fully saturated rings. The van der Waals surface area contributed by atoms with E-state index in [9.17, 15) is 0 Å². The van der Waals surface area contributed by atoms with E-state index in [2.05, 4.69) is 9.88 Å². The first-order valence-corrected chi connectivity index (χ1v) is 15.0. The fourth-order valence-corrected chi connectivity index (χ4v) is 1.92. The third kappa shape index (κ3) is 13.6. The van der Waals surface area contributed by atoms with Crippen molar-refractivity contribution in [1.29, 1.82) is 0 Å². The van der Waals surface area contributed by atoms with Gasteiger partial charge in [0, 0.05) is 14.1 Å². The molecule has 0 aromatic rings. The van der Waals surface area contributed by atoms with Crippen LogP contribution in [0.4, 0.5) is 0 Å². The summed E-state index contributed by atoms with van der Waals surface area (Å²) in [6, 6.07) is 0. The van der Waals surface area contributed by atoms with Crippen molar-refractivity contribution in [3.63, 3.8) is 0 Å². The van der Waals surface area contributed by atoms with Crippen molar-refractivity contribution in [2.45, 2.75) is 22.5 Å².